The lowest BCUT2D eigenvalue weighted by atomic mass is 10.1. The van der Waals surface area contributed by atoms with E-state index in [2.05, 4.69) is 49.3 Å². The molecular formula is C16H21N3S. The number of benzene rings is 1. The van der Waals surface area contributed by atoms with Crippen molar-refractivity contribution in [3.8, 4) is 0 Å². The van der Waals surface area contributed by atoms with Gasteiger partial charge in [0.05, 0.1) is 6.54 Å². The summed E-state index contributed by atoms with van der Waals surface area (Å²) >= 11 is 1.76. The topological polar surface area (TPSA) is 53.1 Å². The van der Waals surface area contributed by atoms with Crippen molar-refractivity contribution in [2.75, 3.05) is 4.90 Å². The lowest BCUT2D eigenvalue weighted by Gasteiger charge is -2.30. The van der Waals surface area contributed by atoms with Crippen LogP contribution >= 0.6 is 11.3 Å². The lowest BCUT2D eigenvalue weighted by Crippen LogP contribution is -2.32. The van der Waals surface area contributed by atoms with Gasteiger partial charge >= 0.3 is 0 Å². The van der Waals surface area contributed by atoms with Crippen LogP contribution in [0.3, 0.4) is 0 Å². The van der Waals surface area contributed by atoms with Crippen molar-refractivity contribution < 1.29 is 0 Å². The number of nitrogen functional groups attached to an aromatic ring is 1. The summed E-state index contributed by atoms with van der Waals surface area (Å²) in [6, 6.07) is 10.6. The standard InChI is InChI=1S/C16H21N3S/c1-11(2)19(10-13-5-4-8-20-13)15-9-12(3)6-7-14(15)16(17)18/h4-9,11H,10H2,1-3H3,(H3,17,18). The van der Waals surface area contributed by atoms with Crippen LogP contribution in [-0.2, 0) is 6.54 Å². The van der Waals surface area contributed by atoms with E-state index in [4.69, 9.17) is 11.1 Å². The molecule has 0 aliphatic rings. The quantitative estimate of drug-likeness (QED) is 0.650. The van der Waals surface area contributed by atoms with E-state index < -0.39 is 0 Å². The summed E-state index contributed by atoms with van der Waals surface area (Å²) in [4.78, 5) is 3.62. The fraction of sp³-hybridized carbons (Fsp3) is 0.312. The molecule has 0 radical (unpaired) electrons. The largest absolute Gasteiger partial charge is 0.384 e. The summed E-state index contributed by atoms with van der Waals surface area (Å²) in [5, 5.41) is 9.88. The van der Waals surface area contributed by atoms with Gasteiger partial charge in [-0.25, -0.2) is 0 Å². The van der Waals surface area contributed by atoms with E-state index in [1.165, 1.54) is 10.4 Å². The number of hydrogen-bond donors (Lipinski definition) is 2. The Labute approximate surface area is 124 Å². The van der Waals surface area contributed by atoms with E-state index >= 15 is 0 Å². The van der Waals surface area contributed by atoms with E-state index in [1.807, 2.05) is 12.1 Å². The predicted molar refractivity (Wildman–Crippen MR) is 87.8 cm³/mol. The van der Waals surface area contributed by atoms with Crippen LogP contribution in [0, 0.1) is 12.3 Å². The third-order valence-corrected chi connectivity index (χ3v) is 4.14. The molecule has 2 rings (SSSR count). The number of hydrogen-bond acceptors (Lipinski definition) is 3. The Morgan fingerprint density at radius 2 is 2.10 bits per heavy atom. The predicted octanol–water partition coefficient (Wildman–Crippen LogP) is 3.76. The Bertz CT molecular complexity index is 588. The molecule has 4 heteroatoms. The number of aryl methyl sites for hydroxylation is 1. The van der Waals surface area contributed by atoms with Crippen molar-refractivity contribution in [2.45, 2.75) is 33.4 Å². The molecule has 1 heterocycles. The zero-order valence-electron chi connectivity index (χ0n) is 12.2. The highest BCUT2D eigenvalue weighted by atomic mass is 32.1. The summed E-state index contributed by atoms with van der Waals surface area (Å²) in [5.41, 5.74) is 8.77. The molecule has 0 unspecified atom stereocenters. The highest BCUT2D eigenvalue weighted by Crippen LogP contribution is 2.27. The maximum absolute atomic E-state index is 7.78. The first-order valence-electron chi connectivity index (χ1n) is 6.73. The maximum atomic E-state index is 7.78. The van der Waals surface area contributed by atoms with Gasteiger partial charge in [0.15, 0.2) is 0 Å². The molecule has 0 spiro atoms. The number of thiophene rings is 1. The molecule has 0 fully saturated rings. The molecule has 0 atom stereocenters. The minimum atomic E-state index is 0.122. The van der Waals surface area contributed by atoms with Gasteiger partial charge in [-0.15, -0.1) is 11.3 Å². The second kappa shape index (κ2) is 6.09. The summed E-state index contributed by atoms with van der Waals surface area (Å²) in [7, 11) is 0. The van der Waals surface area contributed by atoms with Crippen molar-refractivity contribution in [1.29, 1.82) is 5.41 Å². The van der Waals surface area contributed by atoms with Gasteiger partial charge in [0, 0.05) is 22.2 Å². The van der Waals surface area contributed by atoms with Crippen molar-refractivity contribution in [3.05, 3.63) is 51.7 Å². The molecule has 106 valence electrons. The minimum absolute atomic E-state index is 0.122. The second-order valence-corrected chi connectivity index (χ2v) is 6.27. The van der Waals surface area contributed by atoms with Crippen LogP contribution in [0.25, 0.3) is 0 Å². The number of amidine groups is 1. The fourth-order valence-corrected chi connectivity index (χ4v) is 2.93. The molecule has 0 bridgehead atoms. The Morgan fingerprint density at radius 1 is 1.35 bits per heavy atom. The van der Waals surface area contributed by atoms with Crippen LogP contribution in [0.5, 0.6) is 0 Å². The first-order chi connectivity index (χ1) is 9.49. The smallest absolute Gasteiger partial charge is 0.124 e. The average molecular weight is 287 g/mol. The number of anilines is 1. The van der Waals surface area contributed by atoms with E-state index in [1.54, 1.807) is 11.3 Å². The molecule has 2 aromatic rings. The molecule has 1 aromatic heterocycles. The number of nitrogens with one attached hydrogen (secondary N) is 1. The summed E-state index contributed by atoms with van der Waals surface area (Å²) in [5.74, 6) is 0.122. The monoisotopic (exact) mass is 287 g/mol. The van der Waals surface area contributed by atoms with Crippen LogP contribution in [0.4, 0.5) is 5.69 Å². The average Bonchev–Trinajstić information content (AvgIpc) is 2.87. The first kappa shape index (κ1) is 14.6. The fourth-order valence-electron chi connectivity index (χ4n) is 2.22. The van der Waals surface area contributed by atoms with Crippen molar-refractivity contribution >= 4 is 22.9 Å². The van der Waals surface area contributed by atoms with Gasteiger partial charge in [-0.3, -0.25) is 5.41 Å². The van der Waals surface area contributed by atoms with Gasteiger partial charge in [0.2, 0.25) is 0 Å². The van der Waals surface area contributed by atoms with Crippen LogP contribution in [0.15, 0.2) is 35.7 Å². The maximum Gasteiger partial charge on any atom is 0.124 e. The van der Waals surface area contributed by atoms with Gasteiger partial charge in [-0.05, 0) is 49.9 Å². The number of nitrogens with two attached hydrogens (primary N) is 1. The van der Waals surface area contributed by atoms with Crippen LogP contribution in [0.2, 0.25) is 0 Å². The normalized spacial score (nSPS) is 10.8. The van der Waals surface area contributed by atoms with Crippen molar-refractivity contribution in [3.63, 3.8) is 0 Å². The van der Waals surface area contributed by atoms with E-state index in [-0.39, 0.29) is 5.84 Å². The molecule has 0 aliphatic heterocycles. The Morgan fingerprint density at radius 3 is 2.65 bits per heavy atom. The zero-order chi connectivity index (χ0) is 14.7. The van der Waals surface area contributed by atoms with Crippen molar-refractivity contribution in [2.24, 2.45) is 5.73 Å². The van der Waals surface area contributed by atoms with E-state index in [0.717, 1.165) is 17.8 Å². The van der Waals surface area contributed by atoms with E-state index in [0.29, 0.717) is 6.04 Å². The molecule has 20 heavy (non-hydrogen) atoms. The van der Waals surface area contributed by atoms with Crippen molar-refractivity contribution in [1.82, 2.24) is 0 Å². The summed E-state index contributed by atoms with van der Waals surface area (Å²) in [6.45, 7) is 7.25. The molecular weight excluding hydrogens is 266 g/mol. The highest BCUT2D eigenvalue weighted by molar-refractivity contribution is 7.09. The third-order valence-electron chi connectivity index (χ3n) is 3.28. The Hall–Kier alpha value is -1.81. The second-order valence-electron chi connectivity index (χ2n) is 5.24. The zero-order valence-corrected chi connectivity index (χ0v) is 13.0. The highest BCUT2D eigenvalue weighted by Gasteiger charge is 2.17. The number of nitrogens with zero attached hydrogens (tertiary/aromatic N) is 1. The van der Waals surface area contributed by atoms with Crippen LogP contribution in [0.1, 0.15) is 29.9 Å². The Balaban J connectivity index is 2.43. The molecule has 3 nitrogen and oxygen atoms in total. The van der Waals surface area contributed by atoms with Gasteiger partial charge in [0.1, 0.15) is 5.84 Å². The molecule has 3 N–H and O–H groups in total. The molecule has 0 aliphatic carbocycles. The van der Waals surface area contributed by atoms with Crippen LogP contribution in [-0.4, -0.2) is 11.9 Å². The first-order valence-corrected chi connectivity index (χ1v) is 7.61. The van der Waals surface area contributed by atoms with Gasteiger partial charge in [0.25, 0.3) is 0 Å². The van der Waals surface area contributed by atoms with Gasteiger partial charge < -0.3 is 10.6 Å². The lowest BCUT2D eigenvalue weighted by molar-refractivity contribution is 0.686. The molecule has 1 aromatic carbocycles. The Kier molecular flexibility index (Phi) is 4.45. The molecule has 0 saturated heterocycles. The number of rotatable bonds is 5. The molecule has 0 amide bonds. The third kappa shape index (κ3) is 3.20. The van der Waals surface area contributed by atoms with Gasteiger partial charge in [-0.2, -0.15) is 0 Å². The minimum Gasteiger partial charge on any atom is -0.384 e. The molecule has 0 saturated carbocycles. The van der Waals surface area contributed by atoms with E-state index in [9.17, 15) is 0 Å². The van der Waals surface area contributed by atoms with Crippen LogP contribution < -0.4 is 10.6 Å². The van der Waals surface area contributed by atoms with Gasteiger partial charge in [-0.1, -0.05) is 12.1 Å². The summed E-state index contributed by atoms with van der Waals surface area (Å²) in [6.07, 6.45) is 0. The summed E-state index contributed by atoms with van der Waals surface area (Å²) < 4.78 is 0. The SMILES string of the molecule is Cc1ccc(C(=N)N)c(N(Cc2cccs2)C(C)C)c1.